The fourth-order valence-corrected chi connectivity index (χ4v) is 4.00. The zero-order chi connectivity index (χ0) is 15.7. The minimum Gasteiger partial charge on any atom is -0.507 e. The second kappa shape index (κ2) is 6.47. The number of phenols is 1. The molecule has 2 saturated heterocycles. The molecule has 4 nitrogen and oxygen atoms in total. The quantitative estimate of drug-likeness (QED) is 0.879. The molecule has 1 aromatic rings. The number of carbonyl (C=O) groups is 1. The lowest BCUT2D eigenvalue weighted by atomic mass is 9.87. The topological polar surface area (TPSA) is 52.6 Å². The molecule has 5 heteroatoms. The highest BCUT2D eigenvalue weighted by Gasteiger charge is 2.34. The van der Waals surface area contributed by atoms with Gasteiger partial charge in [-0.3, -0.25) is 9.69 Å². The first-order chi connectivity index (χ1) is 10.5. The van der Waals surface area contributed by atoms with Crippen LogP contribution in [0.2, 0.25) is 5.02 Å². The molecule has 1 aromatic carbocycles. The third-order valence-corrected chi connectivity index (χ3v) is 5.26. The van der Waals surface area contributed by atoms with Crippen LogP contribution in [0.4, 0.5) is 0 Å². The van der Waals surface area contributed by atoms with Crippen LogP contribution in [-0.4, -0.2) is 40.6 Å². The van der Waals surface area contributed by atoms with Gasteiger partial charge >= 0.3 is 0 Å². The number of benzene rings is 1. The van der Waals surface area contributed by atoms with Gasteiger partial charge in [0.2, 0.25) is 0 Å². The summed E-state index contributed by atoms with van der Waals surface area (Å²) in [6.07, 6.45) is 5.74. The number of piperidine rings is 2. The maximum atomic E-state index is 12.4. The van der Waals surface area contributed by atoms with E-state index in [4.69, 9.17) is 11.6 Å². The number of hydrogen-bond acceptors (Lipinski definition) is 3. The highest BCUT2D eigenvalue weighted by atomic mass is 35.5. The van der Waals surface area contributed by atoms with Gasteiger partial charge in [-0.2, -0.15) is 0 Å². The molecular formula is C17H23ClN2O2. The summed E-state index contributed by atoms with van der Waals surface area (Å²) in [6, 6.07) is 5.98. The van der Waals surface area contributed by atoms with Gasteiger partial charge < -0.3 is 10.4 Å². The van der Waals surface area contributed by atoms with Crippen LogP contribution < -0.4 is 5.32 Å². The van der Waals surface area contributed by atoms with Crippen LogP contribution in [0.15, 0.2) is 18.2 Å². The van der Waals surface area contributed by atoms with Gasteiger partial charge in [0, 0.05) is 29.7 Å². The van der Waals surface area contributed by atoms with Crippen molar-refractivity contribution in [2.75, 3.05) is 6.54 Å². The van der Waals surface area contributed by atoms with Gasteiger partial charge in [0.25, 0.3) is 5.91 Å². The number of rotatable bonds is 2. The Kier molecular flexibility index (Phi) is 4.59. The number of hydrogen-bond donors (Lipinski definition) is 2. The summed E-state index contributed by atoms with van der Waals surface area (Å²) in [5, 5.41) is 13.4. The highest BCUT2D eigenvalue weighted by molar-refractivity contribution is 6.31. The summed E-state index contributed by atoms with van der Waals surface area (Å²) in [4.78, 5) is 15.0. The second-order valence-electron chi connectivity index (χ2n) is 6.53. The van der Waals surface area contributed by atoms with Crippen LogP contribution in [-0.2, 0) is 0 Å². The average molecular weight is 323 g/mol. The lowest BCUT2D eigenvalue weighted by Crippen LogP contribution is -2.54. The number of fused-ring (bicyclic) bond motifs is 1. The third kappa shape index (κ3) is 3.23. The fourth-order valence-electron chi connectivity index (χ4n) is 3.83. The molecule has 0 spiro atoms. The standard InChI is InChI=1S/C17H23ClN2O2/c1-11-3-2-4-14-10-13(7-8-20(11)14)19-17(22)15-9-12(18)5-6-16(15)21/h5-6,9,11,13-14,21H,2-4,7-8,10H2,1H3,(H,19,22)/t11-,13+,14-/m1/s1. The lowest BCUT2D eigenvalue weighted by Gasteiger charge is -2.46. The number of nitrogens with zero attached hydrogens (tertiary/aromatic N) is 1. The van der Waals surface area contributed by atoms with Gasteiger partial charge in [-0.25, -0.2) is 0 Å². The number of carbonyl (C=O) groups excluding carboxylic acids is 1. The van der Waals surface area contributed by atoms with E-state index in [-0.39, 0.29) is 23.3 Å². The van der Waals surface area contributed by atoms with Crippen molar-refractivity contribution < 1.29 is 9.90 Å². The van der Waals surface area contributed by atoms with Gasteiger partial charge in [-0.05, 0) is 50.8 Å². The molecule has 3 rings (SSSR count). The summed E-state index contributed by atoms with van der Waals surface area (Å²) >= 11 is 5.91. The molecule has 0 aliphatic carbocycles. The Balaban J connectivity index is 1.64. The van der Waals surface area contributed by atoms with E-state index in [1.807, 2.05) is 0 Å². The van der Waals surface area contributed by atoms with Gasteiger partial charge in [0.15, 0.2) is 0 Å². The summed E-state index contributed by atoms with van der Waals surface area (Å²) in [6.45, 7) is 3.34. The summed E-state index contributed by atoms with van der Waals surface area (Å²) < 4.78 is 0. The molecule has 2 aliphatic rings. The second-order valence-corrected chi connectivity index (χ2v) is 6.96. The van der Waals surface area contributed by atoms with Crippen molar-refractivity contribution in [3.05, 3.63) is 28.8 Å². The van der Waals surface area contributed by atoms with Crippen molar-refractivity contribution in [3.63, 3.8) is 0 Å². The highest BCUT2D eigenvalue weighted by Crippen LogP contribution is 2.30. The lowest BCUT2D eigenvalue weighted by molar-refractivity contribution is 0.0457. The molecule has 0 saturated carbocycles. The Hall–Kier alpha value is -1.26. The monoisotopic (exact) mass is 322 g/mol. The van der Waals surface area contributed by atoms with Crippen LogP contribution in [0.5, 0.6) is 5.75 Å². The van der Waals surface area contributed by atoms with Crippen LogP contribution >= 0.6 is 11.6 Å². The summed E-state index contributed by atoms with van der Waals surface area (Å²) in [7, 11) is 0. The van der Waals surface area contributed by atoms with Gasteiger partial charge in [-0.1, -0.05) is 18.0 Å². The van der Waals surface area contributed by atoms with Crippen molar-refractivity contribution in [1.29, 1.82) is 0 Å². The van der Waals surface area contributed by atoms with Gasteiger partial charge in [-0.15, -0.1) is 0 Å². The number of amides is 1. The molecule has 2 heterocycles. The average Bonchev–Trinajstić information content (AvgIpc) is 2.50. The first kappa shape index (κ1) is 15.6. The van der Waals surface area contributed by atoms with E-state index in [0.717, 1.165) is 19.4 Å². The zero-order valence-corrected chi connectivity index (χ0v) is 13.6. The van der Waals surface area contributed by atoms with Crippen molar-refractivity contribution >= 4 is 17.5 Å². The fraction of sp³-hybridized carbons (Fsp3) is 0.588. The van der Waals surface area contributed by atoms with Crippen molar-refractivity contribution in [3.8, 4) is 5.75 Å². The molecule has 120 valence electrons. The van der Waals surface area contributed by atoms with Crippen LogP contribution in [0.3, 0.4) is 0 Å². The Labute approximate surface area is 136 Å². The van der Waals surface area contributed by atoms with E-state index in [9.17, 15) is 9.90 Å². The normalized spacial score (nSPS) is 28.9. The number of aromatic hydroxyl groups is 1. The Bertz CT molecular complexity index is 564. The first-order valence-corrected chi connectivity index (χ1v) is 8.47. The van der Waals surface area contributed by atoms with Crippen molar-refractivity contribution in [1.82, 2.24) is 10.2 Å². The number of phenolic OH excluding ortho intramolecular Hbond substituents is 1. The van der Waals surface area contributed by atoms with Gasteiger partial charge in [0.05, 0.1) is 5.56 Å². The molecule has 2 aliphatic heterocycles. The van der Waals surface area contributed by atoms with Crippen molar-refractivity contribution in [2.45, 2.75) is 57.2 Å². The molecule has 0 bridgehead atoms. The van der Waals surface area contributed by atoms with E-state index < -0.39 is 0 Å². The maximum absolute atomic E-state index is 12.4. The molecule has 0 unspecified atom stereocenters. The van der Waals surface area contributed by atoms with Gasteiger partial charge in [0.1, 0.15) is 5.75 Å². The first-order valence-electron chi connectivity index (χ1n) is 8.09. The number of halogens is 1. The molecule has 0 aromatic heterocycles. The molecule has 1 amide bonds. The Morgan fingerprint density at radius 3 is 3.00 bits per heavy atom. The minimum atomic E-state index is -0.234. The Morgan fingerprint density at radius 2 is 2.18 bits per heavy atom. The molecule has 2 fully saturated rings. The van der Waals surface area contributed by atoms with Crippen LogP contribution in [0, 0.1) is 0 Å². The van der Waals surface area contributed by atoms with E-state index in [1.165, 1.54) is 31.4 Å². The largest absolute Gasteiger partial charge is 0.507 e. The SMILES string of the molecule is C[C@@H]1CCC[C@@H]2C[C@@H](NC(=O)c3cc(Cl)ccc3O)CCN21. The zero-order valence-electron chi connectivity index (χ0n) is 12.9. The minimum absolute atomic E-state index is 0.0226. The van der Waals surface area contributed by atoms with E-state index >= 15 is 0 Å². The third-order valence-electron chi connectivity index (χ3n) is 5.03. The van der Waals surface area contributed by atoms with Crippen LogP contribution in [0.1, 0.15) is 49.4 Å². The van der Waals surface area contributed by atoms with E-state index in [2.05, 4.69) is 17.1 Å². The van der Waals surface area contributed by atoms with Crippen LogP contribution in [0.25, 0.3) is 0 Å². The summed E-state index contributed by atoms with van der Waals surface area (Å²) in [5.41, 5.74) is 0.256. The Morgan fingerprint density at radius 1 is 1.36 bits per heavy atom. The number of nitrogens with one attached hydrogen (secondary N) is 1. The molecule has 2 N–H and O–H groups in total. The predicted molar refractivity (Wildman–Crippen MR) is 87.4 cm³/mol. The summed E-state index contributed by atoms with van der Waals surface area (Å²) in [5.74, 6) is -0.257. The van der Waals surface area contributed by atoms with Crippen molar-refractivity contribution in [2.24, 2.45) is 0 Å². The molecule has 22 heavy (non-hydrogen) atoms. The predicted octanol–water partition coefficient (Wildman–Crippen LogP) is 3.18. The molecule has 3 atom stereocenters. The smallest absolute Gasteiger partial charge is 0.255 e. The molecule has 0 radical (unpaired) electrons. The maximum Gasteiger partial charge on any atom is 0.255 e. The molecular weight excluding hydrogens is 300 g/mol. The van der Waals surface area contributed by atoms with E-state index in [0.29, 0.717) is 17.1 Å². The van der Waals surface area contributed by atoms with E-state index in [1.54, 1.807) is 6.07 Å².